The van der Waals surface area contributed by atoms with Gasteiger partial charge in [-0.2, -0.15) is 0 Å². The van der Waals surface area contributed by atoms with Gasteiger partial charge in [0.25, 0.3) is 0 Å². The molecular formula is C27H25BrN2O5. The second-order valence-corrected chi connectivity index (χ2v) is 9.15. The molecule has 1 aliphatic rings. The predicted octanol–water partition coefficient (Wildman–Crippen LogP) is 5.65. The molecule has 8 heteroatoms. The molecule has 3 N–H and O–H groups in total. The van der Waals surface area contributed by atoms with Crippen molar-refractivity contribution in [3.63, 3.8) is 0 Å². The molecule has 1 aliphatic carbocycles. The minimum Gasteiger partial charge on any atom is -0.478 e. The van der Waals surface area contributed by atoms with Crippen LogP contribution in [0, 0.1) is 5.92 Å². The highest BCUT2D eigenvalue weighted by molar-refractivity contribution is 9.10. The van der Waals surface area contributed by atoms with E-state index in [2.05, 4.69) is 50.8 Å². The second kappa shape index (κ2) is 10.7. The third kappa shape index (κ3) is 5.38. The Morgan fingerprint density at radius 3 is 2.20 bits per heavy atom. The molecule has 0 heterocycles. The molecule has 180 valence electrons. The molecule has 1 unspecified atom stereocenters. The minimum atomic E-state index is -1.05. The second-order valence-electron chi connectivity index (χ2n) is 8.30. The smallest absolute Gasteiger partial charge is 0.407 e. The number of hydrogen-bond acceptors (Lipinski definition) is 4. The molecule has 0 bridgehead atoms. The molecular weight excluding hydrogens is 512 g/mol. The van der Waals surface area contributed by atoms with Gasteiger partial charge in [0.15, 0.2) is 0 Å². The van der Waals surface area contributed by atoms with Gasteiger partial charge in [0.05, 0.1) is 17.2 Å². The van der Waals surface area contributed by atoms with Crippen LogP contribution in [0.25, 0.3) is 11.1 Å². The summed E-state index contributed by atoms with van der Waals surface area (Å²) in [6.45, 7) is 2.17. The SMILES string of the molecule is CCC(CNC(=O)OCC1c2ccccc2-c2ccccc21)C(=O)Nc1ccc(C(=O)O)cc1Br. The van der Waals surface area contributed by atoms with E-state index in [1.807, 2.05) is 31.2 Å². The van der Waals surface area contributed by atoms with Crippen LogP contribution in [-0.2, 0) is 9.53 Å². The molecule has 0 aromatic heterocycles. The fraction of sp³-hybridized carbons (Fsp3) is 0.222. The number of aromatic carboxylic acids is 1. The van der Waals surface area contributed by atoms with E-state index in [-0.39, 0.29) is 30.5 Å². The summed E-state index contributed by atoms with van der Waals surface area (Å²) in [6.07, 6.45) is -0.0783. The summed E-state index contributed by atoms with van der Waals surface area (Å²) in [5.41, 5.74) is 5.14. The maximum atomic E-state index is 12.7. The maximum absolute atomic E-state index is 12.7. The van der Waals surface area contributed by atoms with Gasteiger partial charge in [-0.1, -0.05) is 55.5 Å². The highest BCUT2D eigenvalue weighted by Crippen LogP contribution is 2.44. The number of benzene rings is 3. The van der Waals surface area contributed by atoms with Crippen molar-refractivity contribution in [3.8, 4) is 11.1 Å². The van der Waals surface area contributed by atoms with Crippen LogP contribution in [0.5, 0.6) is 0 Å². The number of ether oxygens (including phenoxy) is 1. The Hall–Kier alpha value is -3.65. The molecule has 0 radical (unpaired) electrons. The summed E-state index contributed by atoms with van der Waals surface area (Å²) < 4.78 is 6.01. The van der Waals surface area contributed by atoms with Gasteiger partial charge in [-0.05, 0) is 62.8 Å². The molecule has 3 aromatic carbocycles. The van der Waals surface area contributed by atoms with Crippen LogP contribution in [0.3, 0.4) is 0 Å². The molecule has 4 rings (SSSR count). The van der Waals surface area contributed by atoms with Crippen LogP contribution in [0.4, 0.5) is 10.5 Å². The highest BCUT2D eigenvalue weighted by Gasteiger charge is 2.29. The normalized spacial score (nSPS) is 12.9. The van der Waals surface area contributed by atoms with Gasteiger partial charge < -0.3 is 20.5 Å². The summed E-state index contributed by atoms with van der Waals surface area (Å²) in [4.78, 5) is 36.3. The topological polar surface area (TPSA) is 105 Å². The monoisotopic (exact) mass is 536 g/mol. The summed E-state index contributed by atoms with van der Waals surface area (Å²) >= 11 is 3.29. The van der Waals surface area contributed by atoms with E-state index in [1.165, 1.54) is 18.2 Å². The summed E-state index contributed by atoms with van der Waals surface area (Å²) in [5.74, 6) is -1.86. The lowest BCUT2D eigenvalue weighted by Gasteiger charge is -2.18. The molecule has 3 aromatic rings. The number of fused-ring (bicyclic) bond motifs is 3. The number of nitrogens with one attached hydrogen (secondary N) is 2. The van der Waals surface area contributed by atoms with Gasteiger partial charge in [0.2, 0.25) is 5.91 Å². The van der Waals surface area contributed by atoms with E-state index in [0.717, 1.165) is 22.3 Å². The molecule has 2 amide bonds. The Balaban J connectivity index is 1.33. The largest absolute Gasteiger partial charge is 0.478 e. The Morgan fingerprint density at radius 2 is 1.63 bits per heavy atom. The van der Waals surface area contributed by atoms with Crippen LogP contribution >= 0.6 is 15.9 Å². The standard InChI is InChI=1S/C27H25BrN2O5/c1-2-16(25(31)30-24-12-11-17(26(32)33)13-23(24)28)14-29-27(34)35-15-22-20-9-5-3-7-18(20)19-8-4-6-10-21(19)22/h3-13,16,22H,2,14-15H2,1H3,(H,29,34)(H,30,31)(H,32,33). The molecule has 7 nitrogen and oxygen atoms in total. The number of halogens is 1. The first-order valence-corrected chi connectivity index (χ1v) is 12.1. The van der Waals surface area contributed by atoms with Gasteiger partial charge >= 0.3 is 12.1 Å². The quantitative estimate of drug-likeness (QED) is 0.345. The van der Waals surface area contributed by atoms with Crippen molar-refractivity contribution in [2.24, 2.45) is 5.92 Å². The summed E-state index contributed by atoms with van der Waals surface area (Å²) in [7, 11) is 0. The molecule has 0 saturated heterocycles. The zero-order valence-electron chi connectivity index (χ0n) is 19.1. The summed E-state index contributed by atoms with van der Waals surface area (Å²) in [5, 5.41) is 14.6. The van der Waals surface area contributed by atoms with Crippen molar-refractivity contribution in [2.75, 3.05) is 18.5 Å². The van der Waals surface area contributed by atoms with Crippen LogP contribution in [0.15, 0.2) is 71.2 Å². The van der Waals surface area contributed by atoms with E-state index < -0.39 is 18.0 Å². The van der Waals surface area contributed by atoms with Gasteiger partial charge in [0.1, 0.15) is 6.61 Å². The van der Waals surface area contributed by atoms with Gasteiger partial charge in [-0.3, -0.25) is 4.79 Å². The Kier molecular flexibility index (Phi) is 7.51. The average Bonchev–Trinajstić information content (AvgIpc) is 3.18. The number of carbonyl (C=O) groups excluding carboxylic acids is 2. The van der Waals surface area contributed by atoms with Crippen molar-refractivity contribution in [2.45, 2.75) is 19.3 Å². The van der Waals surface area contributed by atoms with E-state index in [0.29, 0.717) is 16.6 Å². The third-order valence-electron chi connectivity index (χ3n) is 6.17. The maximum Gasteiger partial charge on any atom is 0.407 e. The van der Waals surface area contributed by atoms with Crippen molar-refractivity contribution < 1.29 is 24.2 Å². The number of rotatable bonds is 8. The minimum absolute atomic E-state index is 0.0375. The van der Waals surface area contributed by atoms with E-state index >= 15 is 0 Å². The Labute approximate surface area is 211 Å². The molecule has 0 aliphatic heterocycles. The number of carboxylic acid groups (broad SMARTS) is 1. The molecule has 0 saturated carbocycles. The van der Waals surface area contributed by atoms with Gasteiger partial charge in [-0.15, -0.1) is 0 Å². The zero-order chi connectivity index (χ0) is 24.9. The predicted molar refractivity (Wildman–Crippen MR) is 137 cm³/mol. The Bertz CT molecular complexity index is 1230. The van der Waals surface area contributed by atoms with Crippen molar-refractivity contribution in [1.29, 1.82) is 0 Å². The lowest BCUT2D eigenvalue weighted by atomic mass is 9.98. The number of hydrogen-bond donors (Lipinski definition) is 3. The van der Waals surface area contributed by atoms with E-state index in [4.69, 9.17) is 9.84 Å². The first-order chi connectivity index (χ1) is 16.9. The fourth-order valence-corrected chi connectivity index (χ4v) is 4.74. The van der Waals surface area contributed by atoms with Gasteiger partial charge in [-0.25, -0.2) is 9.59 Å². The molecule has 1 atom stereocenters. The van der Waals surface area contributed by atoms with Crippen LogP contribution < -0.4 is 10.6 Å². The molecule has 35 heavy (non-hydrogen) atoms. The van der Waals surface area contributed by atoms with E-state index in [9.17, 15) is 14.4 Å². The first kappa shape index (κ1) is 24.5. The van der Waals surface area contributed by atoms with Crippen LogP contribution in [-0.4, -0.2) is 36.2 Å². The highest BCUT2D eigenvalue weighted by atomic mass is 79.9. The zero-order valence-corrected chi connectivity index (χ0v) is 20.7. The summed E-state index contributed by atoms with van der Waals surface area (Å²) in [6, 6.07) is 20.6. The lowest BCUT2D eigenvalue weighted by molar-refractivity contribution is -0.119. The number of amides is 2. The lowest BCUT2D eigenvalue weighted by Crippen LogP contribution is -2.36. The van der Waals surface area contributed by atoms with Crippen molar-refractivity contribution in [3.05, 3.63) is 87.9 Å². The molecule has 0 fully saturated rings. The van der Waals surface area contributed by atoms with Crippen LogP contribution in [0.1, 0.15) is 40.7 Å². The number of anilines is 1. The number of alkyl carbamates (subject to hydrolysis) is 1. The van der Waals surface area contributed by atoms with Crippen LogP contribution in [0.2, 0.25) is 0 Å². The fourth-order valence-electron chi connectivity index (χ4n) is 4.26. The number of carbonyl (C=O) groups is 3. The number of carboxylic acids is 1. The van der Waals surface area contributed by atoms with Crippen molar-refractivity contribution in [1.82, 2.24) is 5.32 Å². The van der Waals surface area contributed by atoms with E-state index in [1.54, 1.807) is 0 Å². The first-order valence-electron chi connectivity index (χ1n) is 11.3. The third-order valence-corrected chi connectivity index (χ3v) is 6.83. The van der Waals surface area contributed by atoms with Crippen molar-refractivity contribution >= 4 is 39.6 Å². The Morgan fingerprint density at radius 1 is 1.00 bits per heavy atom. The molecule has 0 spiro atoms. The average molecular weight is 537 g/mol. The van der Waals surface area contributed by atoms with Gasteiger partial charge in [0, 0.05) is 16.9 Å².